The van der Waals surface area contributed by atoms with Crippen molar-refractivity contribution in [2.75, 3.05) is 5.32 Å². The van der Waals surface area contributed by atoms with Crippen molar-refractivity contribution in [1.82, 2.24) is 15.3 Å². The number of carbonyl (C=O) groups excluding carboxylic acids is 1. The smallest absolute Gasteiger partial charge is 0.257 e. The van der Waals surface area contributed by atoms with Crippen LogP contribution >= 0.6 is 0 Å². The summed E-state index contributed by atoms with van der Waals surface area (Å²) in [5.74, 6) is 0.291. The van der Waals surface area contributed by atoms with Crippen LogP contribution in [0, 0.1) is 27.7 Å². The van der Waals surface area contributed by atoms with Gasteiger partial charge in [0.15, 0.2) is 0 Å². The molecule has 0 unspecified atom stereocenters. The lowest BCUT2D eigenvalue weighted by Crippen LogP contribution is -2.36. The summed E-state index contributed by atoms with van der Waals surface area (Å²) in [5, 5.41) is 6.00. The van der Waals surface area contributed by atoms with Crippen molar-refractivity contribution in [2.45, 2.75) is 27.7 Å². The Hall–Kier alpha value is -3.54. The van der Waals surface area contributed by atoms with Crippen LogP contribution in [0.5, 0.6) is 0 Å². The molecule has 3 rings (SSSR count). The zero-order chi connectivity index (χ0) is 20.1. The maximum absolute atomic E-state index is 12.6. The van der Waals surface area contributed by atoms with Gasteiger partial charge in [0.2, 0.25) is 5.96 Å². The van der Waals surface area contributed by atoms with Crippen molar-refractivity contribution in [3.63, 3.8) is 0 Å². The third kappa shape index (κ3) is 5.01. The molecule has 6 heteroatoms. The number of hydrogen-bond acceptors (Lipinski definition) is 4. The fourth-order valence-corrected chi connectivity index (χ4v) is 2.67. The monoisotopic (exact) mass is 373 g/mol. The molecule has 0 saturated carbocycles. The SMILES string of the molecule is Cc1cc(C)nc(/N=C(\NC(=O)c2ccccc2)Nc2ccc(C)c(C)c2)n1. The lowest BCUT2D eigenvalue weighted by molar-refractivity contribution is 0.0977. The molecule has 3 aromatic rings. The number of hydrogen-bond donors (Lipinski definition) is 2. The molecular formula is C22H23N5O. The van der Waals surface area contributed by atoms with E-state index in [9.17, 15) is 4.79 Å². The highest BCUT2D eigenvalue weighted by Gasteiger charge is 2.11. The van der Waals surface area contributed by atoms with Crippen molar-refractivity contribution >= 4 is 23.5 Å². The lowest BCUT2D eigenvalue weighted by atomic mass is 10.1. The van der Waals surface area contributed by atoms with Gasteiger partial charge >= 0.3 is 0 Å². The molecule has 0 aliphatic rings. The first kappa shape index (κ1) is 19.2. The van der Waals surface area contributed by atoms with E-state index in [2.05, 4.69) is 32.5 Å². The first-order chi connectivity index (χ1) is 13.4. The zero-order valence-electron chi connectivity index (χ0n) is 16.4. The summed E-state index contributed by atoms with van der Waals surface area (Å²) in [5.41, 5.74) is 5.31. The summed E-state index contributed by atoms with van der Waals surface area (Å²) >= 11 is 0. The van der Waals surface area contributed by atoms with Gasteiger partial charge in [0, 0.05) is 22.6 Å². The lowest BCUT2D eigenvalue weighted by Gasteiger charge is -2.13. The van der Waals surface area contributed by atoms with Gasteiger partial charge in [-0.05, 0) is 69.2 Å². The Kier molecular flexibility index (Phi) is 5.79. The summed E-state index contributed by atoms with van der Waals surface area (Å²) in [6, 6.07) is 16.8. The molecular weight excluding hydrogens is 350 g/mol. The predicted octanol–water partition coefficient (Wildman–Crippen LogP) is 4.24. The number of anilines is 1. The van der Waals surface area contributed by atoms with Crippen LogP contribution in [0.1, 0.15) is 32.9 Å². The number of aromatic nitrogens is 2. The maximum Gasteiger partial charge on any atom is 0.257 e. The van der Waals surface area contributed by atoms with Crippen LogP contribution in [0.25, 0.3) is 0 Å². The molecule has 0 atom stereocenters. The van der Waals surface area contributed by atoms with Crippen LogP contribution in [-0.4, -0.2) is 21.8 Å². The number of aliphatic imine (C=N–C) groups is 1. The molecule has 0 aliphatic heterocycles. The van der Waals surface area contributed by atoms with E-state index in [1.54, 1.807) is 12.1 Å². The Balaban J connectivity index is 1.93. The molecule has 0 bridgehead atoms. The highest BCUT2D eigenvalue weighted by atomic mass is 16.1. The van der Waals surface area contributed by atoms with Gasteiger partial charge in [-0.15, -0.1) is 0 Å². The predicted molar refractivity (Wildman–Crippen MR) is 112 cm³/mol. The molecule has 1 aromatic heterocycles. The highest BCUT2D eigenvalue weighted by Crippen LogP contribution is 2.15. The first-order valence-electron chi connectivity index (χ1n) is 9.02. The molecule has 1 amide bonds. The Morgan fingerprint density at radius 2 is 1.54 bits per heavy atom. The molecule has 2 aromatic carbocycles. The van der Waals surface area contributed by atoms with Crippen LogP contribution in [0.15, 0.2) is 59.6 Å². The van der Waals surface area contributed by atoms with E-state index < -0.39 is 0 Å². The van der Waals surface area contributed by atoms with Gasteiger partial charge in [-0.2, -0.15) is 4.99 Å². The molecule has 0 aliphatic carbocycles. The topological polar surface area (TPSA) is 79.3 Å². The minimum Gasteiger partial charge on any atom is -0.326 e. The standard InChI is InChI=1S/C22H23N5O/c1-14-10-11-19(12-15(14)2)25-22(26-20(28)18-8-6-5-7-9-18)27-21-23-16(3)13-17(4)24-21/h5-13H,1-4H3,(H2,23,24,25,26,27,28). The van der Waals surface area contributed by atoms with Gasteiger partial charge in [-0.1, -0.05) is 24.3 Å². The number of nitrogens with zero attached hydrogens (tertiary/aromatic N) is 3. The summed E-state index contributed by atoms with van der Waals surface area (Å²) in [7, 11) is 0. The van der Waals surface area contributed by atoms with Crippen LogP contribution in [0.2, 0.25) is 0 Å². The van der Waals surface area contributed by atoms with E-state index in [-0.39, 0.29) is 17.8 Å². The molecule has 142 valence electrons. The van der Waals surface area contributed by atoms with Gasteiger partial charge in [0.25, 0.3) is 11.9 Å². The number of guanidine groups is 1. The maximum atomic E-state index is 12.6. The fourth-order valence-electron chi connectivity index (χ4n) is 2.67. The quantitative estimate of drug-likeness (QED) is 0.532. The van der Waals surface area contributed by atoms with E-state index in [0.717, 1.165) is 22.6 Å². The van der Waals surface area contributed by atoms with Crippen molar-refractivity contribution < 1.29 is 4.79 Å². The molecule has 0 saturated heterocycles. The van der Waals surface area contributed by atoms with E-state index in [4.69, 9.17) is 0 Å². The summed E-state index contributed by atoms with van der Waals surface area (Å²) < 4.78 is 0. The highest BCUT2D eigenvalue weighted by molar-refractivity contribution is 6.10. The average Bonchev–Trinajstić information content (AvgIpc) is 2.64. The summed E-state index contributed by atoms with van der Waals surface area (Å²) in [4.78, 5) is 25.7. The van der Waals surface area contributed by atoms with E-state index >= 15 is 0 Å². The molecule has 6 nitrogen and oxygen atoms in total. The van der Waals surface area contributed by atoms with E-state index in [1.165, 1.54) is 5.56 Å². The molecule has 28 heavy (non-hydrogen) atoms. The number of nitrogens with one attached hydrogen (secondary N) is 2. The number of carbonyl (C=O) groups is 1. The van der Waals surface area contributed by atoms with Crippen molar-refractivity contribution in [1.29, 1.82) is 0 Å². The van der Waals surface area contributed by atoms with E-state index in [0.29, 0.717) is 5.56 Å². The average molecular weight is 373 g/mol. The number of benzene rings is 2. The molecule has 0 fully saturated rings. The molecule has 0 spiro atoms. The largest absolute Gasteiger partial charge is 0.326 e. The van der Waals surface area contributed by atoms with Gasteiger partial charge in [-0.25, -0.2) is 9.97 Å². The first-order valence-corrected chi connectivity index (χ1v) is 9.02. The van der Waals surface area contributed by atoms with Crippen LogP contribution in [0.3, 0.4) is 0 Å². The zero-order valence-corrected chi connectivity index (χ0v) is 16.4. The van der Waals surface area contributed by atoms with Crippen molar-refractivity contribution in [2.24, 2.45) is 4.99 Å². The summed E-state index contributed by atoms with van der Waals surface area (Å²) in [6.07, 6.45) is 0. The van der Waals surface area contributed by atoms with Crippen LogP contribution in [0.4, 0.5) is 11.6 Å². The minimum atomic E-state index is -0.264. The molecule has 2 N–H and O–H groups in total. The number of aryl methyl sites for hydroxylation is 4. The van der Waals surface area contributed by atoms with Crippen molar-refractivity contribution in [3.8, 4) is 0 Å². The Bertz CT molecular complexity index is 1010. The molecule has 1 heterocycles. The third-order valence-corrected chi connectivity index (χ3v) is 4.22. The second kappa shape index (κ2) is 8.43. The van der Waals surface area contributed by atoms with E-state index in [1.807, 2.05) is 63.2 Å². The summed E-state index contributed by atoms with van der Waals surface area (Å²) in [6.45, 7) is 7.85. The van der Waals surface area contributed by atoms with Crippen LogP contribution in [-0.2, 0) is 0 Å². The number of amides is 1. The van der Waals surface area contributed by atoms with Gasteiger partial charge in [0.05, 0.1) is 0 Å². The van der Waals surface area contributed by atoms with Crippen LogP contribution < -0.4 is 10.6 Å². The van der Waals surface area contributed by atoms with Gasteiger partial charge in [0.1, 0.15) is 0 Å². The second-order valence-electron chi connectivity index (χ2n) is 6.66. The second-order valence-corrected chi connectivity index (χ2v) is 6.66. The van der Waals surface area contributed by atoms with Gasteiger partial charge in [-0.3, -0.25) is 10.1 Å². The third-order valence-electron chi connectivity index (χ3n) is 4.22. The normalized spacial score (nSPS) is 11.2. The Morgan fingerprint density at radius 3 is 2.18 bits per heavy atom. The molecule has 0 radical (unpaired) electrons. The Labute approximate surface area is 164 Å². The minimum absolute atomic E-state index is 0.264. The fraction of sp³-hybridized carbons (Fsp3) is 0.182. The van der Waals surface area contributed by atoms with Gasteiger partial charge < -0.3 is 5.32 Å². The number of rotatable bonds is 3. The van der Waals surface area contributed by atoms with Crippen molar-refractivity contribution in [3.05, 3.63) is 82.7 Å². The Morgan fingerprint density at radius 1 is 0.857 bits per heavy atom.